The second-order valence-corrected chi connectivity index (χ2v) is 11.9. The Morgan fingerprint density at radius 1 is 1.19 bits per heavy atom. The smallest absolute Gasteiger partial charge is 0.306 e. The van der Waals surface area contributed by atoms with Gasteiger partial charge in [0.1, 0.15) is 11.4 Å². The van der Waals surface area contributed by atoms with Gasteiger partial charge in [0.2, 0.25) is 0 Å². The van der Waals surface area contributed by atoms with E-state index in [1.807, 2.05) is 26.8 Å². The maximum atomic E-state index is 12.7. The standard InChI is InChI=1S/C31H46N4O2/c1-31(2,3)37-29(36)21-26(24-11-6-5-7-12-24)22-34(4)28-15-10-20-35(23-28)19-9-14-27-17-16-25-13-8-18-32-30(25)33-27/h5-7,11-12,16-17,26,28H,8-10,13-15,18-23H2,1-4H3,(H,32,33)/t26-,28-/m1/s1. The van der Waals surface area contributed by atoms with Crippen LogP contribution in [0.1, 0.15) is 75.6 Å². The third-order valence-corrected chi connectivity index (χ3v) is 7.58. The topological polar surface area (TPSA) is 57.7 Å². The second-order valence-electron chi connectivity index (χ2n) is 11.9. The van der Waals surface area contributed by atoms with Gasteiger partial charge in [0.05, 0.1) is 6.42 Å². The van der Waals surface area contributed by atoms with Crippen molar-refractivity contribution in [1.82, 2.24) is 14.8 Å². The molecule has 1 aromatic heterocycles. The lowest BCUT2D eigenvalue weighted by Gasteiger charge is -2.39. The molecule has 2 aliphatic rings. The number of likely N-dealkylation sites (tertiary alicyclic amines) is 1. The number of ether oxygens (including phenoxy) is 1. The van der Waals surface area contributed by atoms with Crippen LogP contribution in [-0.2, 0) is 22.4 Å². The Morgan fingerprint density at radius 2 is 2.00 bits per heavy atom. The maximum Gasteiger partial charge on any atom is 0.306 e. The summed E-state index contributed by atoms with van der Waals surface area (Å²) in [4.78, 5) is 22.7. The van der Waals surface area contributed by atoms with Crippen molar-refractivity contribution in [3.8, 4) is 0 Å². The van der Waals surface area contributed by atoms with Crippen molar-refractivity contribution in [2.45, 2.75) is 83.3 Å². The summed E-state index contributed by atoms with van der Waals surface area (Å²) >= 11 is 0. The SMILES string of the molecule is CN(C[C@@H](CC(=O)OC(C)(C)C)c1ccccc1)[C@@H]1CCCN(CCCc2ccc3c(n2)NCCC3)C1. The lowest BCUT2D eigenvalue weighted by Crippen LogP contribution is -2.47. The fraction of sp³-hybridized carbons (Fsp3) is 0.613. The summed E-state index contributed by atoms with van der Waals surface area (Å²) in [5.41, 5.74) is 3.31. The fourth-order valence-corrected chi connectivity index (χ4v) is 5.68. The highest BCUT2D eigenvalue weighted by atomic mass is 16.6. The molecule has 2 atom stereocenters. The van der Waals surface area contributed by atoms with Gasteiger partial charge in [-0.25, -0.2) is 4.98 Å². The molecule has 1 saturated heterocycles. The normalized spacial score (nSPS) is 19.2. The number of pyridine rings is 1. The fourth-order valence-electron chi connectivity index (χ4n) is 5.68. The lowest BCUT2D eigenvalue weighted by molar-refractivity contribution is -0.155. The van der Waals surface area contributed by atoms with Crippen molar-refractivity contribution in [2.75, 3.05) is 45.1 Å². The molecule has 0 spiro atoms. The van der Waals surface area contributed by atoms with E-state index in [0.29, 0.717) is 12.5 Å². The number of anilines is 1. The molecule has 2 aliphatic heterocycles. The number of hydrogen-bond donors (Lipinski definition) is 1. The van der Waals surface area contributed by atoms with E-state index in [0.717, 1.165) is 51.3 Å². The molecule has 1 aromatic carbocycles. The number of aromatic nitrogens is 1. The Balaban J connectivity index is 1.29. The van der Waals surface area contributed by atoms with Gasteiger partial charge in [0.15, 0.2) is 0 Å². The van der Waals surface area contributed by atoms with Crippen molar-refractivity contribution in [1.29, 1.82) is 0 Å². The number of carbonyl (C=O) groups excluding carboxylic acids is 1. The number of nitrogens with zero attached hydrogens (tertiary/aromatic N) is 3. The van der Waals surface area contributed by atoms with Gasteiger partial charge in [-0.05, 0) is 96.6 Å². The molecule has 0 aliphatic carbocycles. The summed E-state index contributed by atoms with van der Waals surface area (Å²) in [5, 5.41) is 3.45. The Kier molecular flexibility index (Phi) is 9.60. The number of aryl methyl sites for hydroxylation is 2. The van der Waals surface area contributed by atoms with Crippen LogP contribution in [0.25, 0.3) is 0 Å². The molecule has 6 nitrogen and oxygen atoms in total. The van der Waals surface area contributed by atoms with Gasteiger partial charge in [0.25, 0.3) is 0 Å². The van der Waals surface area contributed by atoms with E-state index in [1.165, 1.54) is 42.6 Å². The van der Waals surface area contributed by atoms with E-state index >= 15 is 0 Å². The van der Waals surface area contributed by atoms with Gasteiger partial charge in [-0.2, -0.15) is 0 Å². The lowest BCUT2D eigenvalue weighted by atomic mass is 9.93. The number of hydrogen-bond acceptors (Lipinski definition) is 6. The zero-order valence-corrected chi connectivity index (χ0v) is 23.3. The maximum absolute atomic E-state index is 12.7. The summed E-state index contributed by atoms with van der Waals surface area (Å²) in [6.45, 7) is 11.1. The molecular formula is C31H46N4O2. The summed E-state index contributed by atoms with van der Waals surface area (Å²) < 4.78 is 5.67. The van der Waals surface area contributed by atoms with Crippen LogP contribution in [0.2, 0.25) is 0 Å². The van der Waals surface area contributed by atoms with Crippen LogP contribution < -0.4 is 5.32 Å². The predicted octanol–water partition coefficient (Wildman–Crippen LogP) is 5.28. The quantitative estimate of drug-likeness (QED) is 0.442. The molecule has 2 aromatic rings. The third kappa shape index (κ3) is 8.54. The van der Waals surface area contributed by atoms with Crippen molar-refractivity contribution < 1.29 is 9.53 Å². The van der Waals surface area contributed by atoms with Crippen molar-refractivity contribution in [2.24, 2.45) is 0 Å². The number of fused-ring (bicyclic) bond motifs is 1. The minimum atomic E-state index is -0.459. The van der Waals surface area contributed by atoms with Crippen LogP contribution in [0.4, 0.5) is 5.82 Å². The average Bonchev–Trinajstić information content (AvgIpc) is 2.88. The number of benzene rings is 1. The molecular weight excluding hydrogens is 460 g/mol. The molecule has 0 saturated carbocycles. The predicted molar refractivity (Wildman–Crippen MR) is 151 cm³/mol. The van der Waals surface area contributed by atoms with Crippen LogP contribution in [0.15, 0.2) is 42.5 Å². The number of rotatable bonds is 10. The van der Waals surface area contributed by atoms with Crippen LogP contribution in [-0.4, -0.2) is 72.2 Å². The molecule has 6 heteroatoms. The first-order valence-electron chi connectivity index (χ1n) is 14.2. The Bertz CT molecular complexity index is 1000. The molecule has 1 fully saturated rings. The third-order valence-electron chi connectivity index (χ3n) is 7.58. The van der Waals surface area contributed by atoms with Crippen LogP contribution >= 0.6 is 0 Å². The van der Waals surface area contributed by atoms with Gasteiger partial charge >= 0.3 is 5.97 Å². The van der Waals surface area contributed by atoms with Crippen molar-refractivity contribution in [3.63, 3.8) is 0 Å². The largest absolute Gasteiger partial charge is 0.460 e. The van der Waals surface area contributed by atoms with Gasteiger partial charge in [-0.3, -0.25) is 4.79 Å². The van der Waals surface area contributed by atoms with Crippen LogP contribution in [0, 0.1) is 0 Å². The van der Waals surface area contributed by atoms with Gasteiger partial charge in [-0.1, -0.05) is 36.4 Å². The van der Waals surface area contributed by atoms with E-state index in [4.69, 9.17) is 9.72 Å². The zero-order valence-electron chi connectivity index (χ0n) is 23.3. The first-order chi connectivity index (χ1) is 17.8. The Labute approximate surface area is 223 Å². The van der Waals surface area contributed by atoms with Crippen molar-refractivity contribution >= 4 is 11.8 Å². The Hall–Kier alpha value is -2.44. The highest BCUT2D eigenvalue weighted by Crippen LogP contribution is 2.26. The van der Waals surface area contributed by atoms with Crippen molar-refractivity contribution in [3.05, 3.63) is 59.3 Å². The minimum Gasteiger partial charge on any atom is -0.460 e. The van der Waals surface area contributed by atoms with Crippen LogP contribution in [0.3, 0.4) is 0 Å². The van der Waals surface area contributed by atoms with Crippen LogP contribution in [0.5, 0.6) is 0 Å². The van der Waals surface area contributed by atoms with E-state index in [1.54, 1.807) is 0 Å². The number of nitrogens with one attached hydrogen (secondary N) is 1. The summed E-state index contributed by atoms with van der Waals surface area (Å²) in [5.74, 6) is 1.11. The summed E-state index contributed by atoms with van der Waals surface area (Å²) in [7, 11) is 2.23. The minimum absolute atomic E-state index is 0.119. The number of carbonyl (C=O) groups is 1. The highest BCUT2D eigenvalue weighted by molar-refractivity contribution is 5.71. The van der Waals surface area contributed by atoms with E-state index < -0.39 is 5.60 Å². The number of likely N-dealkylation sites (N-methyl/N-ethyl adjacent to an activating group) is 1. The Morgan fingerprint density at radius 3 is 2.78 bits per heavy atom. The van der Waals surface area contributed by atoms with E-state index in [9.17, 15) is 4.79 Å². The molecule has 0 bridgehead atoms. The first kappa shape index (κ1) is 27.6. The molecule has 3 heterocycles. The summed E-state index contributed by atoms with van der Waals surface area (Å²) in [6, 6.07) is 15.4. The zero-order chi connectivity index (χ0) is 26.3. The molecule has 0 unspecified atom stereocenters. The molecule has 202 valence electrons. The average molecular weight is 507 g/mol. The monoisotopic (exact) mass is 506 g/mol. The number of piperidine rings is 1. The second kappa shape index (κ2) is 12.9. The number of esters is 1. The summed E-state index contributed by atoms with van der Waals surface area (Å²) in [6.07, 6.45) is 7.33. The molecule has 37 heavy (non-hydrogen) atoms. The first-order valence-corrected chi connectivity index (χ1v) is 14.2. The van der Waals surface area contributed by atoms with Gasteiger partial charge in [-0.15, -0.1) is 0 Å². The van der Waals surface area contributed by atoms with Gasteiger partial charge in [0, 0.05) is 37.3 Å². The molecule has 0 amide bonds. The molecule has 0 radical (unpaired) electrons. The molecule has 4 rings (SSSR count). The van der Waals surface area contributed by atoms with Gasteiger partial charge < -0.3 is 19.9 Å². The van der Waals surface area contributed by atoms with E-state index in [-0.39, 0.29) is 11.9 Å². The van der Waals surface area contributed by atoms with E-state index in [2.05, 4.69) is 58.6 Å². The highest BCUT2D eigenvalue weighted by Gasteiger charge is 2.27. The molecule has 1 N–H and O–H groups in total.